The minimum Gasteiger partial charge on any atom is -0.351 e. The van der Waals surface area contributed by atoms with Crippen molar-refractivity contribution >= 4 is 38.6 Å². The van der Waals surface area contributed by atoms with E-state index >= 15 is 0 Å². The Morgan fingerprint density at radius 2 is 1.81 bits per heavy atom. The van der Waals surface area contributed by atoms with E-state index in [-0.39, 0.29) is 17.9 Å². The summed E-state index contributed by atoms with van der Waals surface area (Å²) in [7, 11) is 0. The number of benzene rings is 2. The van der Waals surface area contributed by atoms with Crippen LogP contribution in [0.1, 0.15) is 55.1 Å². The fraction of sp³-hybridized carbons (Fsp3) is 0.385. The second kappa shape index (κ2) is 8.39. The predicted octanol–water partition coefficient (Wildman–Crippen LogP) is 5.27. The van der Waals surface area contributed by atoms with Crippen molar-refractivity contribution in [2.45, 2.75) is 63.7 Å². The molecule has 1 unspecified atom stereocenters. The molecule has 0 saturated heterocycles. The molecule has 0 radical (unpaired) electrons. The Hall–Kier alpha value is -2.60. The van der Waals surface area contributed by atoms with Gasteiger partial charge in [-0.05, 0) is 43.5 Å². The van der Waals surface area contributed by atoms with Gasteiger partial charge in [0, 0.05) is 28.0 Å². The average molecular weight is 494 g/mol. The second-order valence-electron chi connectivity index (χ2n) is 9.24. The van der Waals surface area contributed by atoms with Gasteiger partial charge in [0.15, 0.2) is 0 Å². The lowest BCUT2D eigenvalue weighted by Gasteiger charge is -2.45. The van der Waals surface area contributed by atoms with Crippen LogP contribution in [0.25, 0.3) is 10.9 Å². The lowest BCUT2D eigenvalue weighted by molar-refractivity contribution is -0.134. The van der Waals surface area contributed by atoms with Crippen molar-refractivity contribution in [3.8, 4) is 0 Å². The van der Waals surface area contributed by atoms with Gasteiger partial charge in [-0.25, -0.2) is 0 Å². The number of carbonyl (C=O) groups is 2. The molecule has 1 aliphatic heterocycles. The summed E-state index contributed by atoms with van der Waals surface area (Å²) in [5.74, 6) is -0.169. The molecule has 3 aromatic rings. The second-order valence-corrected chi connectivity index (χ2v) is 10.1. The number of rotatable bonds is 4. The minimum absolute atomic E-state index is 0.0618. The quantitative estimate of drug-likeness (QED) is 0.538. The Labute approximate surface area is 196 Å². The third-order valence-corrected chi connectivity index (χ3v) is 7.83. The summed E-state index contributed by atoms with van der Waals surface area (Å²) in [5.41, 5.74) is 1.63. The summed E-state index contributed by atoms with van der Waals surface area (Å²) in [5, 5.41) is 4.32. The van der Waals surface area contributed by atoms with Gasteiger partial charge in [0.05, 0.1) is 6.54 Å². The summed E-state index contributed by atoms with van der Waals surface area (Å²) in [6, 6.07) is 18.0. The van der Waals surface area contributed by atoms with Crippen LogP contribution in [0.4, 0.5) is 0 Å². The predicted molar refractivity (Wildman–Crippen MR) is 129 cm³/mol. The third kappa shape index (κ3) is 3.64. The molecule has 32 heavy (non-hydrogen) atoms. The Morgan fingerprint density at radius 3 is 2.59 bits per heavy atom. The molecule has 5 nitrogen and oxygen atoms in total. The summed E-state index contributed by atoms with van der Waals surface area (Å²) in [6.07, 6.45) is 5.55. The van der Waals surface area contributed by atoms with E-state index in [0.717, 1.165) is 46.6 Å². The number of carbonyl (C=O) groups excluding carboxylic acids is 2. The van der Waals surface area contributed by atoms with Crippen LogP contribution in [0, 0.1) is 0 Å². The summed E-state index contributed by atoms with van der Waals surface area (Å²) in [4.78, 5) is 29.3. The molecule has 1 saturated carbocycles. The van der Waals surface area contributed by atoms with E-state index in [1.807, 2.05) is 66.1 Å². The molecular weight excluding hydrogens is 466 g/mol. The van der Waals surface area contributed by atoms with Gasteiger partial charge in [0.2, 0.25) is 5.91 Å². The van der Waals surface area contributed by atoms with E-state index in [1.54, 1.807) is 4.90 Å². The van der Waals surface area contributed by atoms with Crippen LogP contribution in [0.3, 0.4) is 0 Å². The van der Waals surface area contributed by atoms with Crippen molar-refractivity contribution < 1.29 is 9.59 Å². The normalized spacial score (nSPS) is 21.6. The molecular formula is C26H28BrN3O2. The Balaban J connectivity index is 1.56. The highest BCUT2D eigenvalue weighted by atomic mass is 79.9. The van der Waals surface area contributed by atoms with Crippen molar-refractivity contribution in [3.05, 3.63) is 70.3 Å². The molecule has 2 aromatic carbocycles. The van der Waals surface area contributed by atoms with E-state index in [9.17, 15) is 9.59 Å². The largest absolute Gasteiger partial charge is 0.351 e. The van der Waals surface area contributed by atoms with E-state index in [0.29, 0.717) is 18.8 Å². The maximum Gasteiger partial charge on any atom is 0.271 e. The fourth-order valence-electron chi connectivity index (χ4n) is 5.14. The van der Waals surface area contributed by atoms with E-state index < -0.39 is 5.54 Å². The third-order valence-electron chi connectivity index (χ3n) is 7.05. The maximum atomic E-state index is 13.8. The van der Waals surface area contributed by atoms with Crippen molar-refractivity contribution in [3.63, 3.8) is 0 Å². The van der Waals surface area contributed by atoms with Gasteiger partial charge in [-0.1, -0.05) is 71.6 Å². The SMILES string of the molecule is CC1(C(=O)NC2CCCCC2)Cn2c(cc3ccccc32)C(=O)N1Cc1ccccc1Br. The number of amides is 2. The number of fused-ring (bicyclic) bond motifs is 3. The molecule has 5 rings (SSSR count). The number of nitrogens with zero attached hydrogens (tertiary/aromatic N) is 2. The van der Waals surface area contributed by atoms with Crippen molar-refractivity contribution in [2.24, 2.45) is 0 Å². The van der Waals surface area contributed by atoms with Crippen LogP contribution in [0.2, 0.25) is 0 Å². The highest BCUT2D eigenvalue weighted by molar-refractivity contribution is 9.10. The number of halogens is 1. The van der Waals surface area contributed by atoms with Crippen LogP contribution in [-0.2, 0) is 17.9 Å². The van der Waals surface area contributed by atoms with Gasteiger partial charge in [-0.15, -0.1) is 0 Å². The van der Waals surface area contributed by atoms with Gasteiger partial charge < -0.3 is 14.8 Å². The Kier molecular flexibility index (Phi) is 5.58. The number of nitrogens with one attached hydrogen (secondary N) is 1. The molecule has 166 valence electrons. The van der Waals surface area contributed by atoms with Gasteiger partial charge in [-0.2, -0.15) is 0 Å². The monoisotopic (exact) mass is 493 g/mol. The van der Waals surface area contributed by atoms with Gasteiger partial charge in [0.25, 0.3) is 5.91 Å². The van der Waals surface area contributed by atoms with E-state index in [1.165, 1.54) is 6.42 Å². The Morgan fingerprint density at radius 1 is 1.09 bits per heavy atom. The molecule has 2 aliphatic rings. The molecule has 2 heterocycles. The van der Waals surface area contributed by atoms with Gasteiger partial charge in [0.1, 0.15) is 11.2 Å². The highest BCUT2D eigenvalue weighted by Gasteiger charge is 2.48. The highest BCUT2D eigenvalue weighted by Crippen LogP contribution is 2.34. The van der Waals surface area contributed by atoms with Crippen molar-refractivity contribution in [2.75, 3.05) is 0 Å². The molecule has 0 bridgehead atoms. The molecule has 0 spiro atoms. The molecule has 1 aromatic heterocycles. The zero-order valence-corrected chi connectivity index (χ0v) is 19.9. The van der Waals surface area contributed by atoms with Crippen LogP contribution < -0.4 is 5.32 Å². The standard InChI is InChI=1S/C26H28BrN3O2/c1-26(25(32)28-20-11-3-2-4-12-20)17-29-22-14-8-6-9-18(22)15-23(29)24(31)30(26)16-19-10-5-7-13-21(19)27/h5-10,13-15,20H,2-4,11-12,16-17H2,1H3,(H,28,32). The molecule has 1 N–H and O–H groups in total. The van der Waals surface area contributed by atoms with Crippen LogP contribution in [0.15, 0.2) is 59.1 Å². The zero-order chi connectivity index (χ0) is 22.3. The number of para-hydroxylation sites is 1. The molecule has 1 atom stereocenters. The first-order valence-electron chi connectivity index (χ1n) is 11.4. The molecule has 1 aliphatic carbocycles. The van der Waals surface area contributed by atoms with Gasteiger partial charge >= 0.3 is 0 Å². The first kappa shape index (κ1) is 21.3. The van der Waals surface area contributed by atoms with E-state index in [4.69, 9.17) is 0 Å². The lowest BCUT2D eigenvalue weighted by atomic mass is 9.91. The topological polar surface area (TPSA) is 54.3 Å². The van der Waals surface area contributed by atoms with Crippen LogP contribution >= 0.6 is 15.9 Å². The number of hydrogen-bond acceptors (Lipinski definition) is 2. The van der Waals surface area contributed by atoms with E-state index in [2.05, 4.69) is 21.2 Å². The summed E-state index contributed by atoms with van der Waals surface area (Å²) < 4.78 is 2.96. The number of aromatic nitrogens is 1. The summed E-state index contributed by atoms with van der Waals surface area (Å²) >= 11 is 3.61. The van der Waals surface area contributed by atoms with Gasteiger partial charge in [-0.3, -0.25) is 9.59 Å². The summed E-state index contributed by atoms with van der Waals surface area (Å²) in [6.45, 7) is 2.72. The maximum absolute atomic E-state index is 13.8. The average Bonchev–Trinajstić information content (AvgIpc) is 3.17. The smallest absolute Gasteiger partial charge is 0.271 e. The first-order valence-corrected chi connectivity index (χ1v) is 12.2. The molecule has 6 heteroatoms. The zero-order valence-electron chi connectivity index (χ0n) is 18.3. The Bertz CT molecular complexity index is 1180. The van der Waals surface area contributed by atoms with Crippen LogP contribution in [-0.4, -0.2) is 32.9 Å². The van der Waals surface area contributed by atoms with Crippen molar-refractivity contribution in [1.29, 1.82) is 0 Å². The lowest BCUT2D eigenvalue weighted by Crippen LogP contribution is -2.64. The van der Waals surface area contributed by atoms with Crippen LogP contribution in [0.5, 0.6) is 0 Å². The molecule has 1 fully saturated rings. The van der Waals surface area contributed by atoms with Crippen molar-refractivity contribution in [1.82, 2.24) is 14.8 Å². The fourth-order valence-corrected chi connectivity index (χ4v) is 5.55. The molecule has 2 amide bonds. The first-order chi connectivity index (χ1) is 15.5. The minimum atomic E-state index is -0.987. The number of hydrogen-bond donors (Lipinski definition) is 1.